The van der Waals surface area contributed by atoms with Crippen molar-refractivity contribution in [1.82, 2.24) is 0 Å². The van der Waals surface area contributed by atoms with Gasteiger partial charge in [-0.1, -0.05) is 23.8 Å². The van der Waals surface area contributed by atoms with Crippen LogP contribution in [0, 0.1) is 0 Å². The fourth-order valence-corrected chi connectivity index (χ4v) is 2.20. The van der Waals surface area contributed by atoms with E-state index in [1.165, 1.54) is 5.57 Å². The molecular weight excluding hydrogens is 228 g/mol. The summed E-state index contributed by atoms with van der Waals surface area (Å²) in [6, 6.07) is 0. The number of carbonyl (C=O) groups excluding carboxylic acids is 1. The van der Waals surface area contributed by atoms with Crippen LogP contribution in [0.1, 0.15) is 19.3 Å². The van der Waals surface area contributed by atoms with Crippen LogP contribution < -0.4 is 0 Å². The number of ether oxygens (including phenoxy) is 2. The summed E-state index contributed by atoms with van der Waals surface area (Å²) in [6.45, 7) is 1.23. The molecule has 0 aromatic heterocycles. The lowest BCUT2D eigenvalue weighted by Gasteiger charge is -2.34. The van der Waals surface area contributed by atoms with Crippen molar-refractivity contribution < 1.29 is 14.3 Å². The number of hydrogen-bond acceptors (Lipinski definition) is 3. The highest BCUT2D eigenvalue weighted by Crippen LogP contribution is 2.30. The minimum Gasteiger partial charge on any atom is -0.376 e. The van der Waals surface area contributed by atoms with Crippen molar-refractivity contribution in [3.05, 3.63) is 23.8 Å². The molecule has 0 radical (unpaired) electrons. The Bertz CT molecular complexity index is 327. The fourth-order valence-electron chi connectivity index (χ4n) is 2.03. The van der Waals surface area contributed by atoms with Gasteiger partial charge in [-0.05, 0) is 24.4 Å². The first-order chi connectivity index (χ1) is 7.73. The molecule has 1 fully saturated rings. The second-order valence-corrected chi connectivity index (χ2v) is 4.48. The van der Waals surface area contributed by atoms with Gasteiger partial charge >= 0.3 is 0 Å². The maximum atomic E-state index is 11.5. The van der Waals surface area contributed by atoms with E-state index in [2.05, 4.69) is 6.08 Å². The molecule has 3 nitrogen and oxygen atoms in total. The van der Waals surface area contributed by atoms with Crippen molar-refractivity contribution in [2.45, 2.75) is 24.9 Å². The highest BCUT2D eigenvalue weighted by molar-refractivity contribution is 6.65. The molecule has 0 N–H and O–H groups in total. The van der Waals surface area contributed by atoms with E-state index in [-0.39, 0.29) is 6.61 Å². The van der Waals surface area contributed by atoms with Gasteiger partial charge in [-0.3, -0.25) is 4.79 Å². The summed E-state index contributed by atoms with van der Waals surface area (Å²) in [5.41, 5.74) is 0.235. The predicted molar refractivity (Wildman–Crippen MR) is 61.4 cm³/mol. The monoisotopic (exact) mass is 242 g/mol. The number of hydrogen-bond donors (Lipinski definition) is 0. The second-order valence-electron chi connectivity index (χ2n) is 4.14. The van der Waals surface area contributed by atoms with Gasteiger partial charge in [0, 0.05) is 6.42 Å². The Morgan fingerprint density at radius 3 is 2.94 bits per heavy atom. The maximum absolute atomic E-state index is 11.5. The van der Waals surface area contributed by atoms with Crippen LogP contribution in [0.4, 0.5) is 0 Å². The number of rotatable bonds is 3. The van der Waals surface area contributed by atoms with E-state index in [1.54, 1.807) is 0 Å². The highest BCUT2D eigenvalue weighted by Gasteiger charge is 2.41. The zero-order chi connectivity index (χ0) is 11.4. The van der Waals surface area contributed by atoms with Gasteiger partial charge in [-0.25, -0.2) is 0 Å². The molecule has 1 heterocycles. The lowest BCUT2D eigenvalue weighted by Crippen LogP contribution is -2.48. The third kappa shape index (κ3) is 2.54. The maximum Gasteiger partial charge on any atom is 0.256 e. The first kappa shape index (κ1) is 11.8. The second kappa shape index (κ2) is 5.13. The molecule has 16 heavy (non-hydrogen) atoms. The van der Waals surface area contributed by atoms with Gasteiger partial charge in [0.15, 0.2) is 5.60 Å². The summed E-state index contributed by atoms with van der Waals surface area (Å²) in [5, 5.41) is -0.456. The Kier molecular flexibility index (Phi) is 3.79. The van der Waals surface area contributed by atoms with Crippen molar-refractivity contribution >= 4 is 16.8 Å². The molecule has 88 valence electrons. The molecular formula is C12H15ClO3. The van der Waals surface area contributed by atoms with Gasteiger partial charge in [0.1, 0.15) is 0 Å². The van der Waals surface area contributed by atoms with E-state index >= 15 is 0 Å². The standard InChI is InChI=1S/C12H15ClO3/c13-11(14)12(9-15-6-7-16-12)8-10-4-2-1-3-5-10/h1-2,4H,3,5-9H2. The van der Waals surface area contributed by atoms with Gasteiger partial charge in [0.2, 0.25) is 0 Å². The summed E-state index contributed by atoms with van der Waals surface area (Å²) in [5.74, 6) is 0. The zero-order valence-electron chi connectivity index (χ0n) is 9.08. The molecule has 0 bridgehead atoms. The Balaban J connectivity index is 2.10. The van der Waals surface area contributed by atoms with Crippen LogP contribution in [0.25, 0.3) is 0 Å². The minimum absolute atomic E-state index is 0.260. The summed E-state index contributed by atoms with van der Waals surface area (Å²) >= 11 is 5.64. The predicted octanol–water partition coefficient (Wildman–Crippen LogP) is 2.20. The molecule has 1 saturated heterocycles. The van der Waals surface area contributed by atoms with E-state index in [1.807, 2.05) is 12.2 Å². The van der Waals surface area contributed by atoms with Crippen molar-refractivity contribution in [3.8, 4) is 0 Å². The topological polar surface area (TPSA) is 35.5 Å². The molecule has 0 aromatic rings. The first-order valence-corrected chi connectivity index (χ1v) is 5.87. The van der Waals surface area contributed by atoms with Crippen molar-refractivity contribution in [2.75, 3.05) is 19.8 Å². The van der Waals surface area contributed by atoms with Crippen LogP contribution in [-0.4, -0.2) is 30.7 Å². The normalized spacial score (nSPS) is 29.9. The minimum atomic E-state index is -0.961. The van der Waals surface area contributed by atoms with Crippen molar-refractivity contribution in [1.29, 1.82) is 0 Å². The fraction of sp³-hybridized carbons (Fsp3) is 0.583. The van der Waals surface area contributed by atoms with Crippen LogP contribution in [0.15, 0.2) is 23.8 Å². The van der Waals surface area contributed by atoms with E-state index in [4.69, 9.17) is 21.1 Å². The van der Waals surface area contributed by atoms with E-state index in [9.17, 15) is 4.79 Å². The largest absolute Gasteiger partial charge is 0.376 e. The molecule has 0 aromatic carbocycles. The summed E-state index contributed by atoms with van der Waals surface area (Å²) < 4.78 is 10.9. The van der Waals surface area contributed by atoms with E-state index in [0.29, 0.717) is 19.6 Å². The molecule has 1 aliphatic carbocycles. The average molecular weight is 243 g/mol. The van der Waals surface area contributed by atoms with Crippen LogP contribution in [0.2, 0.25) is 0 Å². The van der Waals surface area contributed by atoms with Crippen LogP contribution in [0.5, 0.6) is 0 Å². The number of halogens is 1. The molecule has 0 saturated carbocycles. The Morgan fingerprint density at radius 1 is 1.50 bits per heavy atom. The van der Waals surface area contributed by atoms with Crippen molar-refractivity contribution in [3.63, 3.8) is 0 Å². The lowest BCUT2D eigenvalue weighted by atomic mass is 9.91. The lowest BCUT2D eigenvalue weighted by molar-refractivity contribution is -0.168. The Hall–Kier alpha value is -0.640. The van der Waals surface area contributed by atoms with E-state index in [0.717, 1.165) is 12.8 Å². The molecule has 0 amide bonds. The van der Waals surface area contributed by atoms with E-state index < -0.39 is 10.8 Å². The third-order valence-corrected chi connectivity index (χ3v) is 3.26. The molecule has 1 unspecified atom stereocenters. The molecule has 2 aliphatic rings. The molecule has 0 spiro atoms. The third-order valence-electron chi connectivity index (χ3n) is 2.91. The van der Waals surface area contributed by atoms with Crippen LogP contribution in [0.3, 0.4) is 0 Å². The quantitative estimate of drug-likeness (QED) is 0.712. The summed E-state index contributed by atoms with van der Waals surface area (Å²) in [4.78, 5) is 11.5. The molecule has 1 atom stereocenters. The van der Waals surface area contributed by atoms with Gasteiger partial charge in [-0.2, -0.15) is 0 Å². The van der Waals surface area contributed by atoms with Crippen LogP contribution in [-0.2, 0) is 14.3 Å². The SMILES string of the molecule is O=C(Cl)C1(CC2=CC=CCC2)COCCO1. The summed E-state index contributed by atoms with van der Waals surface area (Å²) in [6.07, 6.45) is 8.67. The van der Waals surface area contributed by atoms with Crippen LogP contribution >= 0.6 is 11.6 Å². The smallest absolute Gasteiger partial charge is 0.256 e. The average Bonchev–Trinajstić information content (AvgIpc) is 2.31. The summed E-state index contributed by atoms with van der Waals surface area (Å²) in [7, 11) is 0. The molecule has 4 heteroatoms. The van der Waals surface area contributed by atoms with Gasteiger partial charge < -0.3 is 9.47 Å². The zero-order valence-corrected chi connectivity index (χ0v) is 9.83. The number of allylic oxidation sites excluding steroid dienone is 3. The van der Waals surface area contributed by atoms with Gasteiger partial charge in [0.25, 0.3) is 5.24 Å². The Morgan fingerprint density at radius 2 is 2.38 bits per heavy atom. The molecule has 2 rings (SSSR count). The number of carbonyl (C=O) groups is 1. The highest BCUT2D eigenvalue weighted by atomic mass is 35.5. The van der Waals surface area contributed by atoms with Crippen molar-refractivity contribution in [2.24, 2.45) is 0 Å². The van der Waals surface area contributed by atoms with Gasteiger partial charge in [-0.15, -0.1) is 0 Å². The van der Waals surface area contributed by atoms with Gasteiger partial charge in [0.05, 0.1) is 19.8 Å². The first-order valence-electron chi connectivity index (χ1n) is 5.49. The Labute approximate surface area is 100 Å². The molecule has 1 aliphatic heterocycles.